The van der Waals surface area contributed by atoms with Gasteiger partial charge in [0, 0.05) is 37.2 Å². The number of hydrogen-bond acceptors (Lipinski definition) is 4. The Morgan fingerprint density at radius 1 is 1.32 bits per heavy atom. The fraction of sp³-hybridized carbons (Fsp3) is 0.588. The third-order valence-electron chi connectivity index (χ3n) is 3.97. The van der Waals surface area contributed by atoms with E-state index >= 15 is 0 Å². The fourth-order valence-corrected chi connectivity index (χ4v) is 3.03. The van der Waals surface area contributed by atoms with Crippen molar-refractivity contribution in [2.24, 2.45) is 5.92 Å². The maximum Gasteiger partial charge on any atom is 0.251 e. The molecule has 5 heteroatoms. The number of nitrogens with one attached hydrogen (secondary N) is 1. The summed E-state index contributed by atoms with van der Waals surface area (Å²) in [7, 11) is 6.25. The molecule has 1 aromatic rings. The molecule has 1 aliphatic rings. The average Bonchev–Trinajstić information content (AvgIpc) is 2.78. The Bertz CT molecular complexity index is 487. The minimum atomic E-state index is -0.00731. The van der Waals surface area contributed by atoms with E-state index in [0.29, 0.717) is 18.1 Å². The smallest absolute Gasteiger partial charge is 0.251 e. The number of likely N-dealkylation sites (N-methyl/N-ethyl adjacent to an activating group) is 1. The lowest BCUT2D eigenvalue weighted by molar-refractivity contribution is 0.0927. The number of likely N-dealkylation sites (tertiary alicyclic amines) is 1. The molecule has 2 rings (SSSR count). The zero-order chi connectivity index (χ0) is 16.1. The first-order chi connectivity index (χ1) is 10.5. The van der Waals surface area contributed by atoms with Gasteiger partial charge in [0.1, 0.15) is 5.75 Å². The number of amides is 1. The Balaban J connectivity index is 1.97. The molecule has 1 aromatic carbocycles. The van der Waals surface area contributed by atoms with Gasteiger partial charge >= 0.3 is 0 Å². The molecule has 0 aliphatic carbocycles. The van der Waals surface area contributed by atoms with Gasteiger partial charge in [0.15, 0.2) is 0 Å². The van der Waals surface area contributed by atoms with Crippen LogP contribution in [0.2, 0.25) is 0 Å². The van der Waals surface area contributed by atoms with Gasteiger partial charge in [-0.1, -0.05) is 0 Å². The highest BCUT2D eigenvalue weighted by atomic mass is 16.5. The van der Waals surface area contributed by atoms with Crippen molar-refractivity contribution in [2.75, 3.05) is 47.4 Å². The van der Waals surface area contributed by atoms with Crippen molar-refractivity contribution in [1.29, 1.82) is 0 Å². The molecule has 1 saturated heterocycles. The van der Waals surface area contributed by atoms with Crippen LogP contribution in [-0.2, 0) is 0 Å². The van der Waals surface area contributed by atoms with Crippen molar-refractivity contribution in [2.45, 2.75) is 13.0 Å². The zero-order valence-electron chi connectivity index (χ0n) is 14.0. The summed E-state index contributed by atoms with van der Waals surface area (Å²) in [5, 5.41) is 3.18. The summed E-state index contributed by atoms with van der Waals surface area (Å²) < 4.78 is 5.40. The predicted molar refractivity (Wildman–Crippen MR) is 88.4 cm³/mol. The number of carbonyl (C=O) groups excluding carboxylic acids is 1. The van der Waals surface area contributed by atoms with E-state index < -0.39 is 0 Å². The molecule has 1 amide bonds. The van der Waals surface area contributed by atoms with Gasteiger partial charge in [-0.15, -0.1) is 0 Å². The second kappa shape index (κ2) is 7.61. The van der Waals surface area contributed by atoms with Crippen LogP contribution in [0.5, 0.6) is 5.75 Å². The lowest BCUT2D eigenvalue weighted by atomic mass is 10.0. The van der Waals surface area contributed by atoms with E-state index in [1.54, 1.807) is 0 Å². The van der Waals surface area contributed by atoms with Crippen molar-refractivity contribution in [3.8, 4) is 5.75 Å². The van der Waals surface area contributed by atoms with Gasteiger partial charge in [0.25, 0.3) is 5.91 Å². The van der Waals surface area contributed by atoms with Crippen LogP contribution < -0.4 is 10.1 Å². The van der Waals surface area contributed by atoms with E-state index in [1.165, 1.54) is 0 Å². The van der Waals surface area contributed by atoms with Crippen molar-refractivity contribution in [3.63, 3.8) is 0 Å². The fourth-order valence-electron chi connectivity index (χ4n) is 3.03. The SMILES string of the molecule is CCOc1ccc(C(=O)N[C@@H]2CN(C)C[C@H]2CN(C)C)cc1. The van der Waals surface area contributed by atoms with Crippen LogP contribution in [0.1, 0.15) is 17.3 Å². The van der Waals surface area contributed by atoms with Crippen molar-refractivity contribution in [1.82, 2.24) is 15.1 Å². The first kappa shape index (κ1) is 16.8. The highest BCUT2D eigenvalue weighted by molar-refractivity contribution is 5.94. The summed E-state index contributed by atoms with van der Waals surface area (Å²) >= 11 is 0. The van der Waals surface area contributed by atoms with Gasteiger partial charge < -0.3 is 19.9 Å². The van der Waals surface area contributed by atoms with E-state index in [-0.39, 0.29) is 11.9 Å². The molecular weight excluding hydrogens is 278 g/mol. The molecule has 0 spiro atoms. The first-order valence-electron chi connectivity index (χ1n) is 7.86. The summed E-state index contributed by atoms with van der Waals surface area (Å²) in [5.41, 5.74) is 0.682. The third kappa shape index (κ3) is 4.45. The quantitative estimate of drug-likeness (QED) is 0.861. The topological polar surface area (TPSA) is 44.8 Å². The number of hydrogen-bond donors (Lipinski definition) is 1. The van der Waals surface area contributed by atoms with Gasteiger partial charge in [0.05, 0.1) is 6.61 Å². The van der Waals surface area contributed by atoms with Crippen LogP contribution in [-0.4, -0.2) is 69.1 Å². The number of nitrogens with zero attached hydrogens (tertiary/aromatic N) is 2. The molecule has 0 unspecified atom stereocenters. The number of ether oxygens (including phenoxy) is 1. The second-order valence-electron chi connectivity index (χ2n) is 6.28. The standard InChI is InChI=1S/C17H27N3O2/c1-5-22-15-8-6-13(7-9-15)17(21)18-16-12-20(4)11-14(16)10-19(2)3/h6-9,14,16H,5,10-12H2,1-4H3,(H,18,21)/t14-,16-/m1/s1. The monoisotopic (exact) mass is 305 g/mol. The molecule has 22 heavy (non-hydrogen) atoms. The van der Waals surface area contributed by atoms with Gasteiger partial charge in [0.2, 0.25) is 0 Å². The minimum absolute atomic E-state index is 0.00731. The lowest BCUT2D eigenvalue weighted by Gasteiger charge is -2.23. The normalized spacial score (nSPS) is 22.0. The van der Waals surface area contributed by atoms with Crippen molar-refractivity contribution < 1.29 is 9.53 Å². The van der Waals surface area contributed by atoms with E-state index in [0.717, 1.165) is 25.4 Å². The number of rotatable bonds is 6. The summed E-state index contributed by atoms with van der Waals surface area (Å²) in [5.74, 6) is 1.25. The lowest BCUT2D eigenvalue weighted by Crippen LogP contribution is -2.43. The van der Waals surface area contributed by atoms with Crippen LogP contribution in [0.4, 0.5) is 0 Å². The van der Waals surface area contributed by atoms with Gasteiger partial charge in [-0.05, 0) is 52.3 Å². The largest absolute Gasteiger partial charge is 0.494 e. The molecule has 122 valence electrons. The summed E-state index contributed by atoms with van der Waals surface area (Å²) in [4.78, 5) is 16.9. The van der Waals surface area contributed by atoms with Crippen molar-refractivity contribution >= 4 is 5.91 Å². The van der Waals surface area contributed by atoms with E-state index in [4.69, 9.17) is 4.74 Å². The van der Waals surface area contributed by atoms with Crippen LogP contribution in [0.3, 0.4) is 0 Å². The molecule has 0 radical (unpaired) electrons. The van der Waals surface area contributed by atoms with Gasteiger partial charge in [-0.2, -0.15) is 0 Å². The van der Waals surface area contributed by atoms with Crippen LogP contribution in [0.25, 0.3) is 0 Å². The molecule has 0 aromatic heterocycles. The van der Waals surface area contributed by atoms with Gasteiger partial charge in [-0.3, -0.25) is 4.79 Å². The Kier molecular flexibility index (Phi) is 5.80. The molecule has 0 saturated carbocycles. The minimum Gasteiger partial charge on any atom is -0.494 e. The summed E-state index contributed by atoms with van der Waals surface area (Å²) in [6.45, 7) is 5.49. The Hall–Kier alpha value is -1.59. The maximum atomic E-state index is 12.4. The third-order valence-corrected chi connectivity index (χ3v) is 3.97. The zero-order valence-corrected chi connectivity index (χ0v) is 14.0. The van der Waals surface area contributed by atoms with Crippen molar-refractivity contribution in [3.05, 3.63) is 29.8 Å². The average molecular weight is 305 g/mol. The Morgan fingerprint density at radius 3 is 2.59 bits per heavy atom. The number of carbonyl (C=O) groups is 1. The van der Waals surface area contributed by atoms with E-state index in [9.17, 15) is 4.79 Å². The Morgan fingerprint density at radius 2 is 2.00 bits per heavy atom. The van der Waals surface area contributed by atoms with E-state index in [2.05, 4.69) is 36.3 Å². The highest BCUT2D eigenvalue weighted by Gasteiger charge is 2.32. The van der Waals surface area contributed by atoms with E-state index in [1.807, 2.05) is 31.2 Å². The second-order valence-corrected chi connectivity index (χ2v) is 6.28. The number of benzene rings is 1. The molecular formula is C17H27N3O2. The van der Waals surface area contributed by atoms with Crippen LogP contribution in [0.15, 0.2) is 24.3 Å². The maximum absolute atomic E-state index is 12.4. The molecule has 5 nitrogen and oxygen atoms in total. The molecule has 1 heterocycles. The molecule has 0 bridgehead atoms. The van der Waals surface area contributed by atoms with Gasteiger partial charge in [-0.25, -0.2) is 0 Å². The molecule has 1 N–H and O–H groups in total. The Labute approximate surface area is 133 Å². The van der Waals surface area contributed by atoms with Crippen LogP contribution in [0, 0.1) is 5.92 Å². The molecule has 2 atom stereocenters. The summed E-state index contributed by atoms with van der Waals surface area (Å²) in [6, 6.07) is 7.53. The molecule has 1 fully saturated rings. The van der Waals surface area contributed by atoms with Crippen LogP contribution >= 0.6 is 0 Å². The molecule has 1 aliphatic heterocycles. The first-order valence-corrected chi connectivity index (χ1v) is 7.86. The highest BCUT2D eigenvalue weighted by Crippen LogP contribution is 2.18. The predicted octanol–water partition coefficient (Wildman–Crippen LogP) is 1.31. The summed E-state index contributed by atoms with van der Waals surface area (Å²) in [6.07, 6.45) is 0.